The Morgan fingerprint density at radius 1 is 0.774 bits per heavy atom. The normalized spacial score (nSPS) is 11.6. The number of rotatable bonds is 5. The molecular weight excluding hydrogens is 452 g/mol. The molecule has 0 unspecified atom stereocenters. The fourth-order valence-corrected chi connectivity index (χ4v) is 6.00. The second-order valence-corrected chi connectivity index (χ2v) is 10.3. The van der Waals surface area contributed by atoms with Crippen molar-refractivity contribution in [1.29, 1.82) is 0 Å². The van der Waals surface area contributed by atoms with Crippen molar-refractivity contribution < 1.29 is 13.2 Å². The molecule has 0 fully saturated rings. The highest BCUT2D eigenvalue weighted by Crippen LogP contribution is 2.30. The molecule has 31 heavy (non-hydrogen) atoms. The number of aromatic nitrogens is 2. The van der Waals surface area contributed by atoms with Gasteiger partial charge in [-0.05, 0) is 42.5 Å². The van der Waals surface area contributed by atoms with E-state index in [1.807, 2.05) is 24.3 Å². The van der Waals surface area contributed by atoms with Crippen LogP contribution in [0.25, 0.3) is 20.4 Å². The van der Waals surface area contributed by atoms with Crippen LogP contribution in [0.15, 0.2) is 77.7 Å². The van der Waals surface area contributed by atoms with Crippen LogP contribution in [0.1, 0.15) is 10.4 Å². The lowest BCUT2D eigenvalue weighted by molar-refractivity contribution is 0.102. The number of carbonyl (C=O) groups excluding carboxylic acids is 1. The number of carbonyl (C=O) groups is 1. The number of thiazole rings is 2. The Hall–Kier alpha value is -3.34. The molecule has 2 N–H and O–H groups in total. The van der Waals surface area contributed by atoms with Crippen LogP contribution in [-0.4, -0.2) is 24.3 Å². The summed E-state index contributed by atoms with van der Waals surface area (Å²) in [4.78, 5) is 21.6. The van der Waals surface area contributed by atoms with E-state index in [9.17, 15) is 13.2 Å². The number of nitrogens with zero attached hydrogens (tertiary/aromatic N) is 2. The Morgan fingerprint density at radius 2 is 1.45 bits per heavy atom. The summed E-state index contributed by atoms with van der Waals surface area (Å²) in [6.07, 6.45) is 0. The van der Waals surface area contributed by atoms with Gasteiger partial charge < -0.3 is 0 Å². The molecule has 0 saturated carbocycles. The molecule has 0 atom stereocenters. The van der Waals surface area contributed by atoms with Crippen LogP contribution >= 0.6 is 22.7 Å². The Balaban J connectivity index is 1.38. The van der Waals surface area contributed by atoms with Crippen LogP contribution in [-0.2, 0) is 10.0 Å². The van der Waals surface area contributed by atoms with Gasteiger partial charge in [-0.3, -0.25) is 14.8 Å². The first-order chi connectivity index (χ1) is 15.0. The van der Waals surface area contributed by atoms with Crippen LogP contribution in [0.5, 0.6) is 0 Å². The van der Waals surface area contributed by atoms with E-state index in [4.69, 9.17) is 0 Å². The minimum Gasteiger partial charge on any atom is -0.298 e. The van der Waals surface area contributed by atoms with Gasteiger partial charge in [-0.1, -0.05) is 53.0 Å². The molecule has 0 aliphatic rings. The Labute approximate surface area is 185 Å². The van der Waals surface area contributed by atoms with E-state index in [2.05, 4.69) is 20.0 Å². The largest absolute Gasteiger partial charge is 0.298 e. The van der Waals surface area contributed by atoms with Crippen molar-refractivity contribution in [2.75, 3.05) is 10.0 Å². The SMILES string of the molecule is O=C(Nc1nc2ccccc2s1)c1ccc2nc(NS(=O)(=O)c3ccccc3)sc2c1. The van der Waals surface area contributed by atoms with E-state index in [0.717, 1.165) is 10.2 Å². The van der Waals surface area contributed by atoms with E-state index in [0.29, 0.717) is 20.9 Å². The number of fused-ring (bicyclic) bond motifs is 2. The molecule has 2 aromatic heterocycles. The molecule has 0 aliphatic heterocycles. The first-order valence-corrected chi connectivity index (χ1v) is 12.2. The average Bonchev–Trinajstić information content (AvgIpc) is 3.35. The lowest BCUT2D eigenvalue weighted by Crippen LogP contribution is -2.12. The van der Waals surface area contributed by atoms with Gasteiger partial charge in [0.05, 0.1) is 25.3 Å². The smallest absolute Gasteiger partial charge is 0.263 e. The highest BCUT2D eigenvalue weighted by Gasteiger charge is 2.17. The van der Waals surface area contributed by atoms with E-state index >= 15 is 0 Å². The van der Waals surface area contributed by atoms with Gasteiger partial charge >= 0.3 is 0 Å². The minimum absolute atomic E-state index is 0.158. The number of benzene rings is 3. The van der Waals surface area contributed by atoms with Crippen molar-refractivity contribution in [2.45, 2.75) is 4.90 Å². The summed E-state index contributed by atoms with van der Waals surface area (Å²) >= 11 is 2.57. The summed E-state index contributed by atoms with van der Waals surface area (Å²) in [6, 6.07) is 20.8. The van der Waals surface area contributed by atoms with Crippen LogP contribution in [0.3, 0.4) is 0 Å². The predicted molar refractivity (Wildman–Crippen MR) is 124 cm³/mol. The molecular formula is C21H14N4O3S3. The monoisotopic (exact) mass is 466 g/mol. The van der Waals surface area contributed by atoms with Gasteiger partial charge in [0.25, 0.3) is 15.9 Å². The summed E-state index contributed by atoms with van der Waals surface area (Å²) in [6.45, 7) is 0. The maximum absolute atomic E-state index is 12.7. The fraction of sp³-hybridized carbons (Fsp3) is 0. The number of sulfonamides is 1. The van der Waals surface area contributed by atoms with E-state index in [1.54, 1.807) is 36.4 Å². The van der Waals surface area contributed by atoms with Crippen LogP contribution in [0.4, 0.5) is 10.3 Å². The fourth-order valence-electron chi connectivity index (χ4n) is 2.98. The molecule has 2 heterocycles. The third-order valence-corrected chi connectivity index (χ3v) is 7.81. The zero-order valence-corrected chi connectivity index (χ0v) is 18.2. The molecule has 0 radical (unpaired) electrons. The van der Waals surface area contributed by atoms with Crippen molar-refractivity contribution in [3.63, 3.8) is 0 Å². The predicted octanol–water partition coefficient (Wildman–Crippen LogP) is 4.96. The van der Waals surface area contributed by atoms with Gasteiger partial charge in [0, 0.05) is 5.56 Å². The summed E-state index contributed by atoms with van der Waals surface area (Å²) < 4.78 is 29.2. The number of anilines is 2. The molecule has 154 valence electrons. The number of hydrogen-bond donors (Lipinski definition) is 2. The van der Waals surface area contributed by atoms with Crippen LogP contribution in [0, 0.1) is 0 Å². The van der Waals surface area contributed by atoms with Gasteiger partial charge in [-0.25, -0.2) is 18.4 Å². The van der Waals surface area contributed by atoms with Gasteiger partial charge in [-0.2, -0.15) is 0 Å². The maximum atomic E-state index is 12.7. The topological polar surface area (TPSA) is 101 Å². The first-order valence-electron chi connectivity index (χ1n) is 9.13. The average molecular weight is 467 g/mol. The highest BCUT2D eigenvalue weighted by molar-refractivity contribution is 7.93. The molecule has 0 bridgehead atoms. The van der Waals surface area contributed by atoms with Crippen molar-refractivity contribution in [3.05, 3.63) is 78.4 Å². The molecule has 0 saturated heterocycles. The second kappa shape index (κ2) is 7.73. The number of para-hydroxylation sites is 1. The van der Waals surface area contributed by atoms with Crippen LogP contribution in [0.2, 0.25) is 0 Å². The molecule has 0 aliphatic carbocycles. The van der Waals surface area contributed by atoms with E-state index in [1.165, 1.54) is 34.8 Å². The van der Waals surface area contributed by atoms with Crippen molar-refractivity contribution >= 4 is 69.3 Å². The molecule has 10 heteroatoms. The van der Waals surface area contributed by atoms with Gasteiger partial charge in [0.1, 0.15) is 0 Å². The van der Waals surface area contributed by atoms with Crippen LogP contribution < -0.4 is 10.0 Å². The minimum atomic E-state index is -3.73. The van der Waals surface area contributed by atoms with Gasteiger partial charge in [0.2, 0.25) is 0 Å². The maximum Gasteiger partial charge on any atom is 0.263 e. The number of amides is 1. The first kappa shape index (κ1) is 19.6. The number of nitrogens with one attached hydrogen (secondary N) is 2. The lowest BCUT2D eigenvalue weighted by Gasteiger charge is -2.03. The van der Waals surface area contributed by atoms with Crippen molar-refractivity contribution in [3.8, 4) is 0 Å². The molecule has 3 aromatic carbocycles. The summed E-state index contributed by atoms with van der Waals surface area (Å²) in [7, 11) is -3.73. The van der Waals surface area contributed by atoms with E-state index in [-0.39, 0.29) is 15.9 Å². The molecule has 5 aromatic rings. The quantitative estimate of drug-likeness (QED) is 0.381. The van der Waals surface area contributed by atoms with Crippen molar-refractivity contribution in [2.24, 2.45) is 0 Å². The molecule has 7 nitrogen and oxygen atoms in total. The second-order valence-electron chi connectivity index (χ2n) is 6.56. The summed E-state index contributed by atoms with van der Waals surface area (Å²) in [5.41, 5.74) is 1.87. The zero-order valence-electron chi connectivity index (χ0n) is 15.8. The Kier molecular flexibility index (Phi) is 4.89. The van der Waals surface area contributed by atoms with Crippen molar-refractivity contribution in [1.82, 2.24) is 9.97 Å². The summed E-state index contributed by atoms with van der Waals surface area (Å²) in [5, 5.41) is 3.58. The molecule has 1 amide bonds. The van der Waals surface area contributed by atoms with E-state index < -0.39 is 10.0 Å². The Bertz CT molecular complexity index is 1490. The standard InChI is InChI=1S/C21H14N4O3S3/c26-19(24-20-22-15-8-4-5-9-17(15)29-20)13-10-11-16-18(12-13)30-21(23-16)25-31(27,28)14-6-2-1-3-7-14/h1-12H,(H,23,25)(H,22,24,26). The Morgan fingerprint density at radius 3 is 2.26 bits per heavy atom. The zero-order chi connectivity index (χ0) is 21.4. The third-order valence-electron chi connectivity index (χ3n) is 4.44. The highest BCUT2D eigenvalue weighted by atomic mass is 32.2. The number of hydrogen-bond acceptors (Lipinski definition) is 7. The third kappa shape index (κ3) is 4.00. The molecule has 0 spiro atoms. The lowest BCUT2D eigenvalue weighted by atomic mass is 10.2. The summed E-state index contributed by atoms with van der Waals surface area (Å²) in [5.74, 6) is -0.291. The molecule has 5 rings (SSSR count). The van der Waals surface area contributed by atoms with Gasteiger partial charge in [0.15, 0.2) is 10.3 Å². The van der Waals surface area contributed by atoms with Gasteiger partial charge in [-0.15, -0.1) is 0 Å².